The summed E-state index contributed by atoms with van der Waals surface area (Å²) in [5, 5.41) is 11.7. The van der Waals surface area contributed by atoms with Gasteiger partial charge in [-0.05, 0) is 24.3 Å². The molecule has 0 aliphatic heterocycles. The van der Waals surface area contributed by atoms with Crippen molar-refractivity contribution in [3.8, 4) is 11.5 Å². The Kier molecular flexibility index (Phi) is 5.52. The van der Waals surface area contributed by atoms with Crippen molar-refractivity contribution in [2.24, 2.45) is 10.9 Å². The first-order valence-corrected chi connectivity index (χ1v) is 9.54. The Morgan fingerprint density at radius 1 is 1.07 bits per heavy atom. The number of hydrogen-bond acceptors (Lipinski definition) is 9. The number of oxime groups is 1. The first-order chi connectivity index (χ1) is 14.2. The fourth-order valence-corrected chi connectivity index (χ4v) is 2.94. The molecule has 0 saturated heterocycles. The number of nitrogens with two attached hydrogens (primary N) is 1. The first kappa shape index (κ1) is 18.7. The molecule has 0 aliphatic rings. The van der Waals surface area contributed by atoms with Crippen LogP contribution in [0.25, 0.3) is 22.6 Å². The van der Waals surface area contributed by atoms with Crippen molar-refractivity contribution >= 4 is 34.7 Å². The highest BCUT2D eigenvalue weighted by atomic mass is 32.2. The maximum atomic E-state index is 11.9. The van der Waals surface area contributed by atoms with Crippen molar-refractivity contribution in [2.45, 2.75) is 11.6 Å². The Bertz CT molecular complexity index is 1120. The van der Waals surface area contributed by atoms with E-state index in [1.807, 2.05) is 48.5 Å². The van der Waals surface area contributed by atoms with E-state index in [0.29, 0.717) is 17.4 Å². The van der Waals surface area contributed by atoms with Crippen LogP contribution in [-0.4, -0.2) is 32.7 Å². The van der Waals surface area contributed by atoms with Gasteiger partial charge in [-0.25, -0.2) is 9.78 Å². The lowest BCUT2D eigenvalue weighted by Crippen LogP contribution is -2.17. The standard InChI is InChI=1S/C19H15N5O4S/c20-15(10-16-21-13-8-4-5-9-14(13)26-16)24-28-17(25)11-29-19-23-22-18(27-19)12-6-2-1-3-7-12/h1-9H,10-11H2,(H2,20,24). The molecule has 0 unspecified atom stereocenters. The number of aromatic nitrogens is 3. The molecule has 0 amide bonds. The van der Waals surface area contributed by atoms with Gasteiger partial charge < -0.3 is 19.4 Å². The fraction of sp³-hybridized carbons (Fsp3) is 0.105. The molecule has 9 nitrogen and oxygen atoms in total. The van der Waals surface area contributed by atoms with Crippen LogP contribution in [0.2, 0.25) is 0 Å². The lowest BCUT2D eigenvalue weighted by Gasteiger charge is -1.98. The Hall–Kier alpha value is -3.66. The number of rotatable bonds is 7. The third-order valence-corrected chi connectivity index (χ3v) is 4.47. The second-order valence-electron chi connectivity index (χ2n) is 5.83. The molecule has 0 bridgehead atoms. The summed E-state index contributed by atoms with van der Waals surface area (Å²) in [6.45, 7) is 0. The number of amidine groups is 1. The molecule has 0 radical (unpaired) electrons. The van der Waals surface area contributed by atoms with E-state index in [1.165, 1.54) is 0 Å². The molecule has 0 fully saturated rings. The number of carbonyl (C=O) groups is 1. The second-order valence-corrected chi connectivity index (χ2v) is 6.75. The predicted molar refractivity (Wildman–Crippen MR) is 106 cm³/mol. The highest BCUT2D eigenvalue weighted by Gasteiger charge is 2.13. The number of para-hydroxylation sites is 2. The van der Waals surface area contributed by atoms with Gasteiger partial charge in [-0.3, -0.25) is 0 Å². The van der Waals surface area contributed by atoms with E-state index in [9.17, 15) is 4.79 Å². The fourth-order valence-electron chi connectivity index (χ4n) is 2.40. The molecule has 4 aromatic rings. The third-order valence-electron chi connectivity index (χ3n) is 3.68. The van der Waals surface area contributed by atoms with Gasteiger partial charge in [-0.15, -0.1) is 10.2 Å². The minimum atomic E-state index is -0.602. The van der Waals surface area contributed by atoms with Crippen LogP contribution in [0.1, 0.15) is 5.89 Å². The van der Waals surface area contributed by atoms with Crippen molar-refractivity contribution in [2.75, 3.05) is 5.75 Å². The predicted octanol–water partition coefficient (Wildman–Crippen LogP) is 3.03. The van der Waals surface area contributed by atoms with Crippen LogP contribution in [-0.2, 0) is 16.1 Å². The molecule has 0 spiro atoms. The number of carbonyl (C=O) groups excluding carboxylic acids is 1. The number of thioether (sulfide) groups is 1. The van der Waals surface area contributed by atoms with Crippen LogP contribution in [0.4, 0.5) is 0 Å². The van der Waals surface area contributed by atoms with Gasteiger partial charge in [0.05, 0.1) is 6.42 Å². The van der Waals surface area contributed by atoms with Gasteiger partial charge in [-0.1, -0.05) is 47.2 Å². The monoisotopic (exact) mass is 409 g/mol. The second kappa shape index (κ2) is 8.57. The average Bonchev–Trinajstić information content (AvgIpc) is 3.38. The van der Waals surface area contributed by atoms with Crippen molar-refractivity contribution in [1.29, 1.82) is 0 Å². The maximum absolute atomic E-state index is 11.9. The minimum absolute atomic E-state index is 0.0594. The van der Waals surface area contributed by atoms with E-state index in [-0.39, 0.29) is 23.2 Å². The van der Waals surface area contributed by atoms with E-state index in [2.05, 4.69) is 20.3 Å². The molecule has 4 rings (SSSR count). The summed E-state index contributed by atoms with van der Waals surface area (Å²) >= 11 is 1.05. The summed E-state index contributed by atoms with van der Waals surface area (Å²) in [6.07, 6.45) is 0.124. The summed E-state index contributed by atoms with van der Waals surface area (Å²) in [6, 6.07) is 16.7. The Morgan fingerprint density at radius 3 is 2.69 bits per heavy atom. The van der Waals surface area contributed by atoms with Gasteiger partial charge in [0.25, 0.3) is 5.22 Å². The zero-order valence-corrected chi connectivity index (χ0v) is 15.8. The number of benzene rings is 2. The van der Waals surface area contributed by atoms with E-state index in [1.54, 1.807) is 6.07 Å². The maximum Gasteiger partial charge on any atom is 0.345 e. The Balaban J connectivity index is 1.27. The van der Waals surface area contributed by atoms with Crippen molar-refractivity contribution in [3.05, 3.63) is 60.5 Å². The molecule has 29 heavy (non-hydrogen) atoms. The van der Waals surface area contributed by atoms with E-state index in [4.69, 9.17) is 19.4 Å². The summed E-state index contributed by atoms with van der Waals surface area (Å²) in [5.74, 6) is 0.170. The molecule has 146 valence electrons. The first-order valence-electron chi connectivity index (χ1n) is 8.56. The quantitative estimate of drug-likeness (QED) is 0.161. The van der Waals surface area contributed by atoms with Gasteiger partial charge >= 0.3 is 5.97 Å². The van der Waals surface area contributed by atoms with Gasteiger partial charge in [0.15, 0.2) is 5.58 Å². The highest BCUT2D eigenvalue weighted by Crippen LogP contribution is 2.22. The van der Waals surface area contributed by atoms with Crippen LogP contribution >= 0.6 is 11.8 Å². The largest absolute Gasteiger partial charge is 0.440 e. The summed E-state index contributed by atoms with van der Waals surface area (Å²) < 4.78 is 11.1. The number of oxazole rings is 1. The Labute approximate surface area is 168 Å². The molecular weight excluding hydrogens is 394 g/mol. The molecule has 0 aliphatic carbocycles. The summed E-state index contributed by atoms with van der Waals surface area (Å²) in [4.78, 5) is 20.9. The van der Waals surface area contributed by atoms with Crippen LogP contribution in [0.15, 0.2) is 73.8 Å². The van der Waals surface area contributed by atoms with Crippen molar-refractivity contribution in [1.82, 2.24) is 15.2 Å². The van der Waals surface area contributed by atoms with Crippen molar-refractivity contribution < 1.29 is 18.5 Å². The molecule has 0 atom stereocenters. The van der Waals surface area contributed by atoms with Gasteiger partial charge in [0, 0.05) is 5.56 Å². The van der Waals surface area contributed by atoms with Crippen LogP contribution in [0.3, 0.4) is 0 Å². The summed E-state index contributed by atoms with van der Waals surface area (Å²) in [7, 11) is 0. The number of fused-ring (bicyclic) bond motifs is 1. The van der Waals surface area contributed by atoms with Crippen LogP contribution in [0.5, 0.6) is 0 Å². The molecule has 10 heteroatoms. The lowest BCUT2D eigenvalue weighted by atomic mass is 10.2. The smallest absolute Gasteiger partial charge is 0.345 e. The zero-order chi connectivity index (χ0) is 20.1. The normalized spacial score (nSPS) is 11.7. The van der Waals surface area contributed by atoms with Gasteiger partial charge in [-0.2, -0.15) is 0 Å². The van der Waals surface area contributed by atoms with Crippen LogP contribution in [0, 0.1) is 0 Å². The highest BCUT2D eigenvalue weighted by molar-refractivity contribution is 7.99. The molecule has 2 aromatic heterocycles. The summed E-state index contributed by atoms with van der Waals surface area (Å²) in [5.41, 5.74) is 7.94. The SMILES string of the molecule is NC(Cc1nc2ccccc2o1)=NOC(=O)CSc1nnc(-c2ccccc2)o1. The van der Waals surface area contributed by atoms with Gasteiger partial charge in [0.1, 0.15) is 17.1 Å². The third kappa shape index (κ3) is 4.79. The molecule has 2 aromatic carbocycles. The average molecular weight is 409 g/mol. The van der Waals surface area contributed by atoms with Crippen LogP contribution < -0.4 is 5.73 Å². The lowest BCUT2D eigenvalue weighted by molar-refractivity contribution is -0.140. The van der Waals surface area contributed by atoms with Crippen molar-refractivity contribution in [3.63, 3.8) is 0 Å². The van der Waals surface area contributed by atoms with E-state index >= 15 is 0 Å². The molecular formula is C19H15N5O4S. The minimum Gasteiger partial charge on any atom is -0.440 e. The molecule has 2 N–H and O–H groups in total. The molecule has 2 heterocycles. The zero-order valence-electron chi connectivity index (χ0n) is 15.0. The number of hydrogen-bond donors (Lipinski definition) is 1. The topological polar surface area (TPSA) is 130 Å². The van der Waals surface area contributed by atoms with E-state index in [0.717, 1.165) is 22.8 Å². The number of nitrogens with zero attached hydrogens (tertiary/aromatic N) is 4. The molecule has 0 saturated carbocycles. The Morgan fingerprint density at radius 2 is 1.86 bits per heavy atom. The van der Waals surface area contributed by atoms with E-state index < -0.39 is 5.97 Å². The van der Waals surface area contributed by atoms with Gasteiger partial charge in [0.2, 0.25) is 11.8 Å².